The Hall–Kier alpha value is 0.0569. The van der Waals surface area contributed by atoms with Gasteiger partial charge in [-0.25, -0.2) is 0 Å². The first-order chi connectivity index (χ1) is 8.20. The molecule has 1 saturated carbocycles. The van der Waals surface area contributed by atoms with Crippen molar-refractivity contribution in [3.63, 3.8) is 0 Å². The minimum atomic E-state index is -2.37. The Morgan fingerprint density at radius 2 is 1.88 bits per heavy atom. The Morgan fingerprint density at radius 1 is 1.18 bits per heavy atom. The summed E-state index contributed by atoms with van der Waals surface area (Å²) in [4.78, 5) is 0. The Balaban J connectivity index is 1.75. The molecule has 1 saturated heterocycles. The van der Waals surface area contributed by atoms with E-state index < -0.39 is 8.80 Å². The summed E-state index contributed by atoms with van der Waals surface area (Å²) in [5.74, 6) is 0. The summed E-state index contributed by atoms with van der Waals surface area (Å²) >= 11 is 0. The van der Waals surface area contributed by atoms with Crippen LogP contribution in [0.1, 0.15) is 38.5 Å². The van der Waals surface area contributed by atoms with E-state index in [4.69, 9.17) is 18.0 Å². The smallest absolute Gasteiger partial charge is 0.377 e. The van der Waals surface area contributed by atoms with E-state index in [1.807, 2.05) is 0 Å². The normalized spacial score (nSPS) is 32.3. The zero-order chi connectivity index (χ0) is 12.4. The van der Waals surface area contributed by atoms with Crippen LogP contribution in [-0.2, 0) is 18.0 Å². The average molecular weight is 260 g/mol. The minimum absolute atomic E-state index is 0.216. The van der Waals surface area contributed by atoms with Crippen LogP contribution >= 0.6 is 0 Å². The lowest BCUT2D eigenvalue weighted by atomic mass is 9.86. The maximum absolute atomic E-state index is 5.87. The molecule has 2 unspecified atom stereocenters. The summed E-state index contributed by atoms with van der Waals surface area (Å²) in [6.45, 7) is 0. The minimum Gasteiger partial charge on any atom is -0.377 e. The Bertz CT molecular complexity index is 249. The molecule has 5 heteroatoms. The van der Waals surface area contributed by atoms with Crippen molar-refractivity contribution in [3.05, 3.63) is 0 Å². The molecular formula is C12H24O4Si. The number of ether oxygens (including phenoxy) is 1. The fraction of sp³-hybridized carbons (Fsp3) is 1.00. The molecular weight excluding hydrogens is 236 g/mol. The van der Waals surface area contributed by atoms with E-state index in [-0.39, 0.29) is 5.60 Å². The van der Waals surface area contributed by atoms with Crippen molar-refractivity contribution < 1.29 is 18.0 Å². The first-order valence-corrected chi connectivity index (χ1v) is 8.47. The van der Waals surface area contributed by atoms with Gasteiger partial charge in [-0.05, 0) is 25.7 Å². The fourth-order valence-electron chi connectivity index (χ4n) is 3.05. The second kappa shape index (κ2) is 5.36. The van der Waals surface area contributed by atoms with Crippen LogP contribution in [0.4, 0.5) is 0 Å². The van der Waals surface area contributed by atoms with Crippen LogP contribution in [0.3, 0.4) is 0 Å². The van der Waals surface area contributed by atoms with Gasteiger partial charge in [-0.15, -0.1) is 0 Å². The van der Waals surface area contributed by atoms with Gasteiger partial charge in [0.15, 0.2) is 0 Å². The number of fused-ring (bicyclic) bond motifs is 1. The van der Waals surface area contributed by atoms with E-state index in [2.05, 4.69) is 0 Å². The van der Waals surface area contributed by atoms with Crippen molar-refractivity contribution in [3.8, 4) is 0 Å². The fourth-order valence-corrected chi connectivity index (χ4v) is 4.77. The van der Waals surface area contributed by atoms with E-state index >= 15 is 0 Å². The van der Waals surface area contributed by atoms with E-state index in [0.29, 0.717) is 6.10 Å². The first-order valence-electron chi connectivity index (χ1n) is 6.53. The van der Waals surface area contributed by atoms with E-state index in [9.17, 15) is 0 Å². The predicted octanol–water partition coefficient (Wildman–Crippen LogP) is 2.36. The van der Waals surface area contributed by atoms with Gasteiger partial charge < -0.3 is 18.0 Å². The maximum atomic E-state index is 5.87. The summed E-state index contributed by atoms with van der Waals surface area (Å²) in [7, 11) is 2.65. The van der Waals surface area contributed by atoms with E-state index in [1.54, 1.807) is 21.3 Å². The molecule has 0 aromatic rings. The summed E-state index contributed by atoms with van der Waals surface area (Å²) in [6, 6.07) is 0.883. The molecule has 2 atom stereocenters. The van der Waals surface area contributed by atoms with Gasteiger partial charge in [0.1, 0.15) is 0 Å². The summed E-state index contributed by atoms with van der Waals surface area (Å²) in [5.41, 5.74) is 0.216. The van der Waals surface area contributed by atoms with Gasteiger partial charge in [-0.1, -0.05) is 12.8 Å². The third-order valence-electron chi connectivity index (χ3n) is 4.24. The van der Waals surface area contributed by atoms with Crippen molar-refractivity contribution in [2.75, 3.05) is 21.3 Å². The Kier molecular flexibility index (Phi) is 4.25. The van der Waals surface area contributed by atoms with Crippen molar-refractivity contribution in [1.29, 1.82) is 0 Å². The zero-order valence-corrected chi connectivity index (χ0v) is 12.2. The van der Waals surface area contributed by atoms with Crippen molar-refractivity contribution >= 4 is 8.80 Å². The van der Waals surface area contributed by atoms with Crippen molar-refractivity contribution in [2.24, 2.45) is 0 Å². The van der Waals surface area contributed by atoms with E-state index in [1.165, 1.54) is 25.7 Å². The standard InChI is InChI=1S/C12H24O4Si/c1-13-17(14-2,15-3)10-6-9-12-8-5-4-7-11(12)16-12/h11H,4-10H2,1-3H3. The summed E-state index contributed by atoms with van der Waals surface area (Å²) in [5, 5.41) is 0. The molecule has 100 valence electrons. The molecule has 0 amide bonds. The Labute approximate surface area is 105 Å². The van der Waals surface area contributed by atoms with Crippen LogP contribution < -0.4 is 0 Å². The highest BCUT2D eigenvalue weighted by Gasteiger charge is 2.56. The first kappa shape index (κ1) is 13.5. The highest BCUT2D eigenvalue weighted by atomic mass is 28.4. The predicted molar refractivity (Wildman–Crippen MR) is 66.9 cm³/mol. The molecule has 1 heterocycles. The highest BCUT2D eigenvalue weighted by Crippen LogP contribution is 2.51. The maximum Gasteiger partial charge on any atom is 0.500 e. The number of epoxide rings is 1. The van der Waals surface area contributed by atoms with Gasteiger partial charge in [-0.2, -0.15) is 0 Å². The highest BCUT2D eigenvalue weighted by molar-refractivity contribution is 6.60. The van der Waals surface area contributed by atoms with Gasteiger partial charge in [0.05, 0.1) is 11.7 Å². The van der Waals surface area contributed by atoms with Crippen LogP contribution in [0, 0.1) is 0 Å². The van der Waals surface area contributed by atoms with Gasteiger partial charge in [0, 0.05) is 27.4 Å². The van der Waals surface area contributed by atoms with E-state index in [0.717, 1.165) is 18.9 Å². The largest absolute Gasteiger partial charge is 0.500 e. The zero-order valence-electron chi connectivity index (χ0n) is 11.2. The van der Waals surface area contributed by atoms with Crippen molar-refractivity contribution in [1.82, 2.24) is 0 Å². The van der Waals surface area contributed by atoms with Gasteiger partial charge in [-0.3, -0.25) is 0 Å². The monoisotopic (exact) mass is 260 g/mol. The SMILES string of the molecule is CO[Si](CCCC12CCCCC1O2)(OC)OC. The molecule has 0 radical (unpaired) electrons. The average Bonchev–Trinajstić information content (AvgIpc) is 3.10. The quantitative estimate of drug-likeness (QED) is 0.520. The molecule has 1 aliphatic carbocycles. The molecule has 0 N–H and O–H groups in total. The lowest BCUT2D eigenvalue weighted by Crippen LogP contribution is -2.42. The molecule has 0 spiro atoms. The van der Waals surface area contributed by atoms with Crippen LogP contribution in [-0.4, -0.2) is 41.8 Å². The summed E-state index contributed by atoms with van der Waals surface area (Å²) < 4.78 is 22.2. The van der Waals surface area contributed by atoms with Crippen molar-refractivity contribution in [2.45, 2.75) is 56.3 Å². The van der Waals surface area contributed by atoms with Gasteiger partial charge in [0.2, 0.25) is 0 Å². The number of hydrogen-bond acceptors (Lipinski definition) is 4. The van der Waals surface area contributed by atoms with Crippen LogP contribution in [0.2, 0.25) is 6.04 Å². The molecule has 1 aliphatic heterocycles. The molecule has 2 rings (SSSR count). The lowest BCUT2D eigenvalue weighted by Gasteiger charge is -2.25. The topological polar surface area (TPSA) is 40.2 Å². The molecule has 2 aliphatic rings. The lowest BCUT2D eigenvalue weighted by molar-refractivity contribution is 0.121. The third kappa shape index (κ3) is 2.74. The summed E-state index contributed by atoms with van der Waals surface area (Å²) in [6.07, 6.45) is 7.87. The second-order valence-corrected chi connectivity index (χ2v) is 8.16. The molecule has 0 bridgehead atoms. The van der Waals surface area contributed by atoms with Gasteiger partial charge in [0.25, 0.3) is 0 Å². The third-order valence-corrected chi connectivity index (χ3v) is 7.07. The molecule has 2 fully saturated rings. The van der Waals surface area contributed by atoms with Crippen LogP contribution in [0.25, 0.3) is 0 Å². The number of rotatable bonds is 7. The molecule has 17 heavy (non-hydrogen) atoms. The van der Waals surface area contributed by atoms with Crippen LogP contribution in [0.15, 0.2) is 0 Å². The molecule has 0 aromatic carbocycles. The van der Waals surface area contributed by atoms with Crippen LogP contribution in [0.5, 0.6) is 0 Å². The number of hydrogen-bond donors (Lipinski definition) is 0. The molecule has 4 nitrogen and oxygen atoms in total. The molecule has 0 aromatic heterocycles. The second-order valence-electron chi connectivity index (χ2n) is 5.07. The Morgan fingerprint density at radius 3 is 2.47 bits per heavy atom. The van der Waals surface area contributed by atoms with Gasteiger partial charge >= 0.3 is 8.80 Å².